The van der Waals surface area contributed by atoms with E-state index in [1.54, 1.807) is 24.3 Å². The minimum Gasteiger partial charge on any atom is -0.462 e. The van der Waals surface area contributed by atoms with E-state index in [-0.39, 0.29) is 22.3 Å². The maximum absolute atomic E-state index is 13.0. The summed E-state index contributed by atoms with van der Waals surface area (Å²) in [6.45, 7) is 4.09. The van der Waals surface area contributed by atoms with Gasteiger partial charge in [-0.3, -0.25) is 14.4 Å². The third kappa shape index (κ3) is 5.54. The number of carbonyl (C=O) groups is 4. The second kappa shape index (κ2) is 11.1. The molecule has 0 saturated heterocycles. The standard InChI is InChI=1S/C28H24ClN3O5/c1-3-16-37-28(36)19-10-14-21(15-11-19)32-26(34)23(29)24(27(32)35)30-20-12-8-18(9-13-20)25(33)31-22-7-5-4-6-17(22)2/h4-15,30H,3,16H2,1-2H3,(H,31,33). The summed E-state index contributed by atoms with van der Waals surface area (Å²) in [7, 11) is 0. The number of amides is 3. The SMILES string of the molecule is CCCOC(=O)c1ccc(N2C(=O)C(Cl)=C(Nc3ccc(C(=O)Nc4ccccc4C)cc3)C2=O)cc1. The Bertz CT molecular complexity index is 1400. The Kier molecular flexibility index (Phi) is 7.69. The molecular weight excluding hydrogens is 494 g/mol. The summed E-state index contributed by atoms with van der Waals surface area (Å²) >= 11 is 6.21. The van der Waals surface area contributed by atoms with Gasteiger partial charge in [0.1, 0.15) is 10.7 Å². The van der Waals surface area contributed by atoms with Crippen molar-refractivity contribution in [1.82, 2.24) is 0 Å². The van der Waals surface area contributed by atoms with E-state index in [0.717, 1.165) is 10.5 Å². The smallest absolute Gasteiger partial charge is 0.338 e. The van der Waals surface area contributed by atoms with E-state index in [1.165, 1.54) is 24.3 Å². The van der Waals surface area contributed by atoms with Gasteiger partial charge in [0.25, 0.3) is 17.7 Å². The lowest BCUT2D eigenvalue weighted by molar-refractivity contribution is -0.120. The monoisotopic (exact) mass is 517 g/mol. The van der Waals surface area contributed by atoms with Crippen molar-refractivity contribution in [2.75, 3.05) is 22.1 Å². The summed E-state index contributed by atoms with van der Waals surface area (Å²) in [6.07, 6.45) is 0.698. The summed E-state index contributed by atoms with van der Waals surface area (Å²) in [5, 5.41) is 5.47. The zero-order valence-electron chi connectivity index (χ0n) is 20.2. The van der Waals surface area contributed by atoms with Crippen molar-refractivity contribution >= 4 is 52.4 Å². The van der Waals surface area contributed by atoms with E-state index in [1.807, 2.05) is 38.1 Å². The molecule has 9 heteroatoms. The molecule has 0 aliphatic carbocycles. The number of nitrogens with zero attached hydrogens (tertiary/aromatic N) is 1. The maximum Gasteiger partial charge on any atom is 0.338 e. The molecule has 0 saturated carbocycles. The summed E-state index contributed by atoms with van der Waals surface area (Å²) < 4.78 is 5.09. The van der Waals surface area contributed by atoms with Gasteiger partial charge in [-0.1, -0.05) is 36.7 Å². The van der Waals surface area contributed by atoms with Gasteiger partial charge in [0, 0.05) is 16.9 Å². The average Bonchev–Trinajstić information content (AvgIpc) is 3.12. The number of rotatable bonds is 8. The first kappa shape index (κ1) is 25.7. The van der Waals surface area contributed by atoms with Crippen molar-refractivity contribution in [3.63, 3.8) is 0 Å². The Morgan fingerprint density at radius 3 is 2.19 bits per heavy atom. The van der Waals surface area contributed by atoms with Crippen LogP contribution in [0.25, 0.3) is 0 Å². The Balaban J connectivity index is 1.44. The van der Waals surface area contributed by atoms with Gasteiger partial charge in [-0.05, 0) is 73.5 Å². The zero-order chi connectivity index (χ0) is 26.5. The summed E-state index contributed by atoms with van der Waals surface area (Å²) in [4.78, 5) is 51.3. The third-order valence-electron chi connectivity index (χ3n) is 5.64. The molecule has 3 aromatic carbocycles. The number of para-hydroxylation sites is 1. The van der Waals surface area contributed by atoms with E-state index in [0.29, 0.717) is 35.5 Å². The Morgan fingerprint density at radius 1 is 0.892 bits per heavy atom. The van der Waals surface area contributed by atoms with Gasteiger partial charge in [0.05, 0.1) is 17.9 Å². The van der Waals surface area contributed by atoms with Crippen LogP contribution in [0.2, 0.25) is 0 Å². The molecule has 4 rings (SSSR count). The van der Waals surface area contributed by atoms with Gasteiger partial charge >= 0.3 is 5.97 Å². The summed E-state index contributed by atoms with van der Waals surface area (Å²) in [6, 6.07) is 19.8. The lowest BCUT2D eigenvalue weighted by atomic mass is 10.1. The number of anilines is 3. The van der Waals surface area contributed by atoms with Crippen LogP contribution in [0.4, 0.5) is 17.1 Å². The van der Waals surface area contributed by atoms with Gasteiger partial charge in [-0.15, -0.1) is 0 Å². The normalized spacial score (nSPS) is 13.1. The number of carbonyl (C=O) groups excluding carboxylic acids is 4. The van der Waals surface area contributed by atoms with Crippen LogP contribution in [-0.2, 0) is 14.3 Å². The number of benzene rings is 3. The fourth-order valence-electron chi connectivity index (χ4n) is 3.63. The number of esters is 1. The number of ether oxygens (including phenoxy) is 1. The molecule has 1 aliphatic heterocycles. The number of imide groups is 1. The van der Waals surface area contributed by atoms with Gasteiger partial charge in [-0.25, -0.2) is 9.69 Å². The highest BCUT2D eigenvalue weighted by atomic mass is 35.5. The molecule has 188 valence electrons. The van der Waals surface area contributed by atoms with Crippen molar-refractivity contribution in [3.8, 4) is 0 Å². The van der Waals surface area contributed by atoms with E-state index in [2.05, 4.69) is 10.6 Å². The number of nitrogens with one attached hydrogen (secondary N) is 2. The van der Waals surface area contributed by atoms with Gasteiger partial charge < -0.3 is 15.4 Å². The fraction of sp³-hybridized carbons (Fsp3) is 0.143. The van der Waals surface area contributed by atoms with Crippen molar-refractivity contribution in [3.05, 3.63) is 100 Å². The predicted molar refractivity (Wildman–Crippen MR) is 142 cm³/mol. The van der Waals surface area contributed by atoms with Crippen LogP contribution in [0.15, 0.2) is 83.5 Å². The molecular formula is C28H24ClN3O5. The first-order valence-electron chi connectivity index (χ1n) is 11.6. The van der Waals surface area contributed by atoms with Gasteiger partial charge in [-0.2, -0.15) is 0 Å². The molecule has 1 aliphatic rings. The van der Waals surface area contributed by atoms with Gasteiger partial charge in [0.2, 0.25) is 0 Å². The quantitative estimate of drug-likeness (QED) is 0.312. The van der Waals surface area contributed by atoms with Crippen LogP contribution in [-0.4, -0.2) is 30.3 Å². The molecule has 0 unspecified atom stereocenters. The van der Waals surface area contributed by atoms with E-state index >= 15 is 0 Å². The number of aryl methyl sites for hydroxylation is 1. The number of halogens is 1. The molecule has 3 aromatic rings. The molecule has 8 nitrogen and oxygen atoms in total. The minimum atomic E-state index is -0.690. The largest absolute Gasteiger partial charge is 0.462 e. The van der Waals surface area contributed by atoms with Crippen LogP contribution >= 0.6 is 11.6 Å². The molecule has 1 heterocycles. The van der Waals surface area contributed by atoms with Crippen LogP contribution in [0.5, 0.6) is 0 Å². The van der Waals surface area contributed by atoms with Crippen LogP contribution in [0.1, 0.15) is 39.6 Å². The highest BCUT2D eigenvalue weighted by Gasteiger charge is 2.39. The fourth-order valence-corrected chi connectivity index (χ4v) is 3.84. The average molecular weight is 518 g/mol. The number of hydrogen-bond acceptors (Lipinski definition) is 6. The molecule has 0 radical (unpaired) electrons. The second-order valence-electron chi connectivity index (χ2n) is 8.29. The third-order valence-corrected chi connectivity index (χ3v) is 5.99. The Morgan fingerprint density at radius 2 is 1.54 bits per heavy atom. The Hall–Kier alpha value is -4.43. The van der Waals surface area contributed by atoms with Crippen molar-refractivity contribution in [2.45, 2.75) is 20.3 Å². The maximum atomic E-state index is 13.0. The van der Waals surface area contributed by atoms with Crippen molar-refractivity contribution < 1.29 is 23.9 Å². The van der Waals surface area contributed by atoms with E-state index < -0.39 is 17.8 Å². The van der Waals surface area contributed by atoms with E-state index in [4.69, 9.17) is 16.3 Å². The molecule has 2 N–H and O–H groups in total. The number of hydrogen-bond donors (Lipinski definition) is 2. The van der Waals surface area contributed by atoms with Crippen LogP contribution < -0.4 is 15.5 Å². The summed E-state index contributed by atoms with van der Waals surface area (Å²) in [5.41, 5.74) is 3.03. The van der Waals surface area contributed by atoms with Crippen molar-refractivity contribution in [1.29, 1.82) is 0 Å². The lowest BCUT2D eigenvalue weighted by Crippen LogP contribution is -2.32. The molecule has 0 atom stereocenters. The second-order valence-corrected chi connectivity index (χ2v) is 8.67. The first-order valence-corrected chi connectivity index (χ1v) is 12.0. The lowest BCUT2D eigenvalue weighted by Gasteiger charge is -2.15. The molecule has 0 bridgehead atoms. The predicted octanol–water partition coefficient (Wildman–Crippen LogP) is 5.25. The van der Waals surface area contributed by atoms with Gasteiger partial charge in [0.15, 0.2) is 0 Å². The Labute approximate surface area is 218 Å². The molecule has 0 spiro atoms. The first-order chi connectivity index (χ1) is 17.8. The topological polar surface area (TPSA) is 105 Å². The highest BCUT2D eigenvalue weighted by molar-refractivity contribution is 6.53. The van der Waals surface area contributed by atoms with Crippen LogP contribution in [0.3, 0.4) is 0 Å². The molecule has 37 heavy (non-hydrogen) atoms. The van der Waals surface area contributed by atoms with E-state index in [9.17, 15) is 19.2 Å². The van der Waals surface area contributed by atoms with Crippen molar-refractivity contribution in [2.24, 2.45) is 0 Å². The highest BCUT2D eigenvalue weighted by Crippen LogP contribution is 2.30. The van der Waals surface area contributed by atoms with Crippen LogP contribution in [0, 0.1) is 6.92 Å². The minimum absolute atomic E-state index is 0.0878. The molecule has 3 amide bonds. The molecule has 0 fully saturated rings. The summed E-state index contributed by atoms with van der Waals surface area (Å²) in [5.74, 6) is -2.09. The zero-order valence-corrected chi connectivity index (χ0v) is 21.0. The molecule has 0 aromatic heterocycles.